The van der Waals surface area contributed by atoms with Gasteiger partial charge in [0.15, 0.2) is 0 Å². The smallest absolute Gasteiger partial charge is 0.251 e. The van der Waals surface area contributed by atoms with E-state index in [9.17, 15) is 4.79 Å². The van der Waals surface area contributed by atoms with Crippen molar-refractivity contribution in [1.29, 1.82) is 0 Å². The molecule has 1 saturated carbocycles. The van der Waals surface area contributed by atoms with E-state index in [0.717, 1.165) is 36.9 Å². The van der Waals surface area contributed by atoms with Crippen LogP contribution in [0.3, 0.4) is 0 Å². The molecule has 1 aromatic carbocycles. The Balaban J connectivity index is 1.30. The van der Waals surface area contributed by atoms with E-state index < -0.39 is 0 Å². The van der Waals surface area contributed by atoms with Gasteiger partial charge in [0.25, 0.3) is 5.91 Å². The minimum atomic E-state index is -0.0838. The molecule has 0 aliphatic heterocycles. The maximum absolute atomic E-state index is 12.6. The van der Waals surface area contributed by atoms with Crippen molar-refractivity contribution in [3.63, 3.8) is 0 Å². The molecule has 1 aliphatic rings. The van der Waals surface area contributed by atoms with Gasteiger partial charge >= 0.3 is 0 Å². The van der Waals surface area contributed by atoms with Crippen LogP contribution >= 0.6 is 0 Å². The Kier molecular flexibility index (Phi) is 5.27. The van der Waals surface area contributed by atoms with E-state index in [1.165, 1.54) is 11.0 Å². The maximum Gasteiger partial charge on any atom is 0.251 e. The quantitative estimate of drug-likeness (QED) is 0.733. The van der Waals surface area contributed by atoms with Gasteiger partial charge in [-0.2, -0.15) is 0 Å². The van der Waals surface area contributed by atoms with Crippen LogP contribution in [0.1, 0.15) is 41.6 Å². The number of hydrogen-bond acceptors (Lipinski definition) is 6. The van der Waals surface area contributed by atoms with Gasteiger partial charge < -0.3 is 10.1 Å². The summed E-state index contributed by atoms with van der Waals surface area (Å²) in [7, 11) is 0. The van der Waals surface area contributed by atoms with Gasteiger partial charge in [-0.15, -0.1) is 5.10 Å². The van der Waals surface area contributed by atoms with Crippen LogP contribution in [0.2, 0.25) is 0 Å². The Labute approximate surface area is 162 Å². The standard InChI is InChI=1S/C20H22N6O2/c1-14-5-10-19(21-12-14)28-18-8-6-16(7-9-18)23-20(27)15-3-2-4-17(11-15)26-13-22-24-25-26/h2-5,10-13,16,18H,6-9H2,1H3,(H,23,27). The molecule has 1 amide bonds. The molecular formula is C20H22N6O2. The lowest BCUT2D eigenvalue weighted by molar-refractivity contribution is 0.0890. The Morgan fingerprint density at radius 3 is 2.75 bits per heavy atom. The number of carbonyl (C=O) groups excluding carboxylic acids is 1. The lowest BCUT2D eigenvalue weighted by Crippen LogP contribution is -2.39. The van der Waals surface area contributed by atoms with Gasteiger partial charge in [0, 0.05) is 23.9 Å². The van der Waals surface area contributed by atoms with Crippen molar-refractivity contribution >= 4 is 5.91 Å². The summed E-state index contributed by atoms with van der Waals surface area (Å²) in [6.07, 6.45) is 7.01. The molecule has 0 atom stereocenters. The first-order chi connectivity index (χ1) is 13.7. The number of benzene rings is 1. The summed E-state index contributed by atoms with van der Waals surface area (Å²) < 4.78 is 7.49. The number of hydrogen-bond donors (Lipinski definition) is 1. The molecule has 0 radical (unpaired) electrons. The average molecular weight is 378 g/mol. The van der Waals surface area contributed by atoms with Crippen LogP contribution in [0.15, 0.2) is 48.9 Å². The van der Waals surface area contributed by atoms with Crippen molar-refractivity contribution in [2.75, 3.05) is 0 Å². The van der Waals surface area contributed by atoms with E-state index in [2.05, 4.69) is 25.8 Å². The van der Waals surface area contributed by atoms with Gasteiger partial charge in [0.05, 0.1) is 5.69 Å². The highest BCUT2D eigenvalue weighted by Gasteiger charge is 2.24. The fraction of sp³-hybridized carbons (Fsp3) is 0.350. The first kappa shape index (κ1) is 18.1. The van der Waals surface area contributed by atoms with Crippen LogP contribution in [0.4, 0.5) is 0 Å². The zero-order chi connectivity index (χ0) is 19.3. The van der Waals surface area contributed by atoms with Gasteiger partial charge in [-0.3, -0.25) is 4.79 Å². The Bertz CT molecular complexity index is 918. The number of nitrogens with one attached hydrogen (secondary N) is 1. The summed E-state index contributed by atoms with van der Waals surface area (Å²) in [5.41, 5.74) is 2.46. The number of carbonyl (C=O) groups is 1. The highest BCUT2D eigenvalue weighted by atomic mass is 16.5. The molecule has 1 fully saturated rings. The van der Waals surface area contributed by atoms with Crippen molar-refractivity contribution in [2.24, 2.45) is 0 Å². The number of aromatic nitrogens is 5. The predicted molar refractivity (Wildman–Crippen MR) is 102 cm³/mol. The molecule has 28 heavy (non-hydrogen) atoms. The van der Waals surface area contributed by atoms with Gasteiger partial charge in [0.2, 0.25) is 5.88 Å². The number of nitrogens with zero attached hydrogens (tertiary/aromatic N) is 5. The summed E-state index contributed by atoms with van der Waals surface area (Å²) in [6.45, 7) is 2.00. The predicted octanol–water partition coefficient (Wildman–Crippen LogP) is 2.49. The topological polar surface area (TPSA) is 94.8 Å². The highest BCUT2D eigenvalue weighted by Crippen LogP contribution is 2.23. The van der Waals surface area contributed by atoms with Crippen molar-refractivity contribution < 1.29 is 9.53 Å². The molecule has 0 bridgehead atoms. The number of pyridine rings is 1. The van der Waals surface area contributed by atoms with E-state index >= 15 is 0 Å². The van der Waals surface area contributed by atoms with Crippen LogP contribution in [0, 0.1) is 6.92 Å². The average Bonchev–Trinajstić information content (AvgIpc) is 3.26. The van der Waals surface area contributed by atoms with Crippen LogP contribution in [-0.4, -0.2) is 43.2 Å². The second-order valence-corrected chi connectivity index (χ2v) is 7.04. The van der Waals surface area contributed by atoms with E-state index in [0.29, 0.717) is 11.4 Å². The summed E-state index contributed by atoms with van der Waals surface area (Å²) in [6, 6.07) is 11.3. The van der Waals surface area contributed by atoms with Crippen molar-refractivity contribution in [2.45, 2.75) is 44.8 Å². The zero-order valence-corrected chi connectivity index (χ0v) is 15.7. The minimum Gasteiger partial charge on any atom is -0.474 e. The molecule has 3 aromatic rings. The first-order valence-electron chi connectivity index (χ1n) is 9.41. The third-order valence-electron chi connectivity index (χ3n) is 4.90. The van der Waals surface area contributed by atoms with Crippen LogP contribution < -0.4 is 10.1 Å². The molecule has 8 nitrogen and oxygen atoms in total. The van der Waals surface area contributed by atoms with Crippen LogP contribution in [0.25, 0.3) is 5.69 Å². The lowest BCUT2D eigenvalue weighted by atomic mass is 9.92. The van der Waals surface area contributed by atoms with Gasteiger partial charge in [-0.1, -0.05) is 12.1 Å². The Morgan fingerprint density at radius 2 is 2.04 bits per heavy atom. The first-order valence-corrected chi connectivity index (χ1v) is 9.41. The molecule has 2 aromatic heterocycles. The van der Waals surface area contributed by atoms with E-state index in [1.54, 1.807) is 12.1 Å². The van der Waals surface area contributed by atoms with Gasteiger partial charge in [0.1, 0.15) is 12.4 Å². The summed E-state index contributed by atoms with van der Waals surface area (Å²) in [4.78, 5) is 16.9. The van der Waals surface area contributed by atoms with Gasteiger partial charge in [-0.25, -0.2) is 9.67 Å². The summed E-state index contributed by atoms with van der Waals surface area (Å²) in [5.74, 6) is 0.581. The monoisotopic (exact) mass is 378 g/mol. The molecule has 4 rings (SSSR count). The molecule has 0 spiro atoms. The van der Waals surface area contributed by atoms with Crippen LogP contribution in [-0.2, 0) is 0 Å². The summed E-state index contributed by atoms with van der Waals surface area (Å²) in [5, 5.41) is 14.2. The van der Waals surface area contributed by atoms with Gasteiger partial charge in [-0.05, 0) is 66.8 Å². The second kappa shape index (κ2) is 8.16. The number of ether oxygens (including phenoxy) is 1. The Morgan fingerprint density at radius 1 is 1.18 bits per heavy atom. The van der Waals surface area contributed by atoms with E-state index in [-0.39, 0.29) is 18.1 Å². The minimum absolute atomic E-state index is 0.0838. The lowest BCUT2D eigenvalue weighted by Gasteiger charge is -2.29. The van der Waals surface area contributed by atoms with E-state index in [1.807, 2.05) is 37.4 Å². The van der Waals surface area contributed by atoms with E-state index in [4.69, 9.17) is 4.74 Å². The highest BCUT2D eigenvalue weighted by molar-refractivity contribution is 5.94. The summed E-state index contributed by atoms with van der Waals surface area (Å²) >= 11 is 0. The normalized spacial score (nSPS) is 19.2. The fourth-order valence-electron chi connectivity index (χ4n) is 3.36. The molecule has 1 aliphatic carbocycles. The molecular weight excluding hydrogens is 356 g/mol. The van der Waals surface area contributed by atoms with Crippen LogP contribution in [0.5, 0.6) is 5.88 Å². The number of rotatable bonds is 5. The number of aryl methyl sites for hydroxylation is 1. The molecule has 8 heteroatoms. The number of amides is 1. The largest absolute Gasteiger partial charge is 0.474 e. The molecule has 0 unspecified atom stereocenters. The van der Waals surface area contributed by atoms with Crippen molar-refractivity contribution in [3.8, 4) is 11.6 Å². The third kappa shape index (κ3) is 4.33. The SMILES string of the molecule is Cc1ccc(OC2CCC(NC(=O)c3cccc(-n4cnnn4)c3)CC2)nc1. The Hall–Kier alpha value is -3.29. The van der Waals surface area contributed by atoms with Crippen molar-refractivity contribution in [1.82, 2.24) is 30.5 Å². The zero-order valence-electron chi connectivity index (χ0n) is 15.7. The molecule has 1 N–H and O–H groups in total. The number of tetrazole rings is 1. The third-order valence-corrected chi connectivity index (χ3v) is 4.90. The molecule has 144 valence electrons. The second-order valence-electron chi connectivity index (χ2n) is 7.04. The van der Waals surface area contributed by atoms with Crippen molar-refractivity contribution in [3.05, 3.63) is 60.0 Å². The maximum atomic E-state index is 12.6. The molecule has 2 heterocycles. The molecule has 0 saturated heterocycles. The fourth-order valence-corrected chi connectivity index (χ4v) is 3.36.